The number of hydrogen-bond donors (Lipinski definition) is 0. The summed E-state index contributed by atoms with van der Waals surface area (Å²) in [5, 5.41) is 0. The lowest BCUT2D eigenvalue weighted by Crippen LogP contribution is -2.45. The molecule has 6 atom stereocenters. The largest absolute Gasteiger partial charge is 0.0848 e. The van der Waals surface area contributed by atoms with Crippen LogP contribution in [0.4, 0.5) is 0 Å². The summed E-state index contributed by atoms with van der Waals surface area (Å²) in [6, 6.07) is 0. The van der Waals surface area contributed by atoms with Crippen molar-refractivity contribution in [2.45, 2.75) is 105 Å². The Balaban J connectivity index is 1.65. The highest BCUT2D eigenvalue weighted by Crippen LogP contribution is 2.63. The minimum atomic E-state index is 0.675. The number of allylic oxidation sites excluding steroid dienone is 2. The van der Waals surface area contributed by atoms with Crippen LogP contribution in [0, 0.1) is 40.9 Å². The van der Waals surface area contributed by atoms with Crippen LogP contribution in [0.3, 0.4) is 0 Å². The SMILES string of the molecule is CCC1=CCC2C(CCC3(C)C(CCCCC(C)C)CCC23)C1CC. The number of fused-ring (bicyclic) bond motifs is 3. The van der Waals surface area contributed by atoms with Gasteiger partial charge in [0.25, 0.3) is 0 Å². The van der Waals surface area contributed by atoms with Gasteiger partial charge in [0.2, 0.25) is 0 Å². The van der Waals surface area contributed by atoms with Crippen LogP contribution >= 0.6 is 0 Å². The second kappa shape index (κ2) is 8.18. The molecule has 0 amide bonds. The van der Waals surface area contributed by atoms with E-state index >= 15 is 0 Å². The van der Waals surface area contributed by atoms with E-state index in [-0.39, 0.29) is 0 Å². The molecule has 0 heteroatoms. The summed E-state index contributed by atoms with van der Waals surface area (Å²) in [4.78, 5) is 0. The van der Waals surface area contributed by atoms with Gasteiger partial charge in [-0.05, 0) is 92.3 Å². The summed E-state index contributed by atoms with van der Waals surface area (Å²) in [7, 11) is 0. The Bertz CT molecular complexity index is 459. The predicted octanol–water partition coefficient (Wildman–Crippen LogP) is 8.03. The molecular weight excluding hydrogens is 300 g/mol. The molecule has 3 aliphatic rings. The Morgan fingerprint density at radius 3 is 2.56 bits per heavy atom. The molecule has 0 N–H and O–H groups in total. The van der Waals surface area contributed by atoms with Crippen molar-refractivity contribution in [2.24, 2.45) is 40.9 Å². The molecule has 0 aliphatic heterocycles. The topological polar surface area (TPSA) is 0 Å². The van der Waals surface area contributed by atoms with Crippen molar-refractivity contribution in [3.63, 3.8) is 0 Å². The van der Waals surface area contributed by atoms with Crippen LogP contribution in [0.5, 0.6) is 0 Å². The molecule has 0 aromatic carbocycles. The third-order valence-electron chi connectivity index (χ3n) is 8.77. The summed E-state index contributed by atoms with van der Waals surface area (Å²) in [6.45, 7) is 12.3. The van der Waals surface area contributed by atoms with Crippen molar-refractivity contribution < 1.29 is 0 Å². The first-order chi connectivity index (χ1) is 12.0. The van der Waals surface area contributed by atoms with Gasteiger partial charge in [-0.25, -0.2) is 0 Å². The van der Waals surface area contributed by atoms with Gasteiger partial charge in [-0.3, -0.25) is 0 Å². The smallest absolute Gasteiger partial charge is 0.0175 e. The fourth-order valence-electron chi connectivity index (χ4n) is 7.37. The number of unbranched alkanes of at least 4 members (excludes halogenated alkanes) is 1. The summed E-state index contributed by atoms with van der Waals surface area (Å²) in [6.07, 6.45) is 18.8. The van der Waals surface area contributed by atoms with Gasteiger partial charge in [-0.1, -0.05) is 65.5 Å². The number of rotatable bonds is 7. The van der Waals surface area contributed by atoms with Gasteiger partial charge in [0.1, 0.15) is 0 Å². The Morgan fingerprint density at radius 1 is 1.08 bits per heavy atom. The first kappa shape index (κ1) is 19.5. The third kappa shape index (κ3) is 3.74. The monoisotopic (exact) mass is 344 g/mol. The van der Waals surface area contributed by atoms with Crippen molar-refractivity contribution in [2.75, 3.05) is 0 Å². The highest BCUT2D eigenvalue weighted by Gasteiger charge is 2.54. The lowest BCUT2D eigenvalue weighted by molar-refractivity contribution is -0.0112. The minimum Gasteiger partial charge on any atom is -0.0848 e. The van der Waals surface area contributed by atoms with E-state index in [1.54, 1.807) is 5.57 Å². The molecule has 25 heavy (non-hydrogen) atoms. The summed E-state index contributed by atoms with van der Waals surface area (Å²) < 4.78 is 0. The second-order valence-electron chi connectivity index (χ2n) is 10.3. The van der Waals surface area contributed by atoms with Crippen LogP contribution < -0.4 is 0 Å². The van der Waals surface area contributed by atoms with E-state index < -0.39 is 0 Å². The lowest BCUT2D eigenvalue weighted by atomic mass is 9.52. The van der Waals surface area contributed by atoms with Crippen molar-refractivity contribution in [3.05, 3.63) is 11.6 Å². The number of hydrogen-bond acceptors (Lipinski definition) is 0. The molecule has 0 nitrogen and oxygen atoms in total. The molecule has 0 aromatic rings. The normalized spacial score (nSPS) is 40.7. The fraction of sp³-hybridized carbons (Fsp3) is 0.920. The van der Waals surface area contributed by atoms with E-state index in [2.05, 4.69) is 40.7 Å². The van der Waals surface area contributed by atoms with E-state index in [0.29, 0.717) is 5.41 Å². The van der Waals surface area contributed by atoms with Gasteiger partial charge in [0.05, 0.1) is 0 Å². The van der Waals surface area contributed by atoms with Crippen molar-refractivity contribution in [3.8, 4) is 0 Å². The van der Waals surface area contributed by atoms with Gasteiger partial charge >= 0.3 is 0 Å². The maximum Gasteiger partial charge on any atom is -0.0175 e. The molecule has 2 saturated carbocycles. The lowest BCUT2D eigenvalue weighted by Gasteiger charge is -2.53. The van der Waals surface area contributed by atoms with E-state index in [9.17, 15) is 0 Å². The molecule has 3 aliphatic carbocycles. The van der Waals surface area contributed by atoms with Crippen LogP contribution in [-0.2, 0) is 0 Å². The molecule has 0 heterocycles. The van der Waals surface area contributed by atoms with Gasteiger partial charge < -0.3 is 0 Å². The maximum atomic E-state index is 2.70. The zero-order chi connectivity index (χ0) is 18.0. The fourth-order valence-corrected chi connectivity index (χ4v) is 7.37. The second-order valence-corrected chi connectivity index (χ2v) is 10.3. The van der Waals surface area contributed by atoms with E-state index in [1.807, 2.05) is 0 Å². The maximum absolute atomic E-state index is 2.70. The molecule has 0 radical (unpaired) electrons. The Hall–Kier alpha value is -0.260. The summed E-state index contributed by atoms with van der Waals surface area (Å²) >= 11 is 0. The van der Waals surface area contributed by atoms with Gasteiger partial charge in [-0.2, -0.15) is 0 Å². The Kier molecular flexibility index (Phi) is 6.38. The first-order valence-corrected chi connectivity index (χ1v) is 11.7. The molecule has 0 saturated heterocycles. The molecule has 3 rings (SSSR count). The zero-order valence-corrected chi connectivity index (χ0v) is 17.8. The predicted molar refractivity (Wildman–Crippen MR) is 111 cm³/mol. The van der Waals surface area contributed by atoms with Crippen molar-refractivity contribution >= 4 is 0 Å². The Labute approximate surface area is 158 Å². The standard InChI is InChI=1S/C25H44/c1-6-19-12-14-23-22(21(19)7-2)16-17-25(5)20(13-15-24(23)25)11-9-8-10-18(3)4/h12,18,20-24H,6-11,13-17H2,1-5H3. The molecule has 0 aromatic heterocycles. The highest BCUT2D eigenvalue weighted by molar-refractivity contribution is 5.17. The van der Waals surface area contributed by atoms with Gasteiger partial charge in [0.15, 0.2) is 0 Å². The molecular formula is C25H44. The quantitative estimate of drug-likeness (QED) is 0.324. The van der Waals surface area contributed by atoms with Crippen LogP contribution in [0.25, 0.3) is 0 Å². The molecule has 6 unspecified atom stereocenters. The minimum absolute atomic E-state index is 0.675. The van der Waals surface area contributed by atoms with Crippen LogP contribution in [0.1, 0.15) is 105 Å². The third-order valence-corrected chi connectivity index (χ3v) is 8.77. The van der Waals surface area contributed by atoms with Crippen LogP contribution in [-0.4, -0.2) is 0 Å². The van der Waals surface area contributed by atoms with Crippen LogP contribution in [0.15, 0.2) is 11.6 Å². The molecule has 144 valence electrons. The summed E-state index contributed by atoms with van der Waals surface area (Å²) in [5.41, 5.74) is 2.48. The average molecular weight is 345 g/mol. The highest BCUT2D eigenvalue weighted by atomic mass is 14.6. The van der Waals surface area contributed by atoms with Crippen molar-refractivity contribution in [1.29, 1.82) is 0 Å². The zero-order valence-electron chi connectivity index (χ0n) is 17.8. The van der Waals surface area contributed by atoms with E-state index in [0.717, 1.165) is 35.5 Å². The van der Waals surface area contributed by atoms with E-state index in [1.165, 1.54) is 70.6 Å². The Morgan fingerprint density at radius 2 is 1.88 bits per heavy atom. The molecule has 2 fully saturated rings. The van der Waals surface area contributed by atoms with Gasteiger partial charge in [0, 0.05) is 0 Å². The summed E-state index contributed by atoms with van der Waals surface area (Å²) in [5.74, 6) is 5.89. The molecule has 0 spiro atoms. The van der Waals surface area contributed by atoms with Crippen LogP contribution in [0.2, 0.25) is 0 Å². The van der Waals surface area contributed by atoms with Crippen molar-refractivity contribution in [1.82, 2.24) is 0 Å². The first-order valence-electron chi connectivity index (χ1n) is 11.7. The van der Waals surface area contributed by atoms with Gasteiger partial charge in [-0.15, -0.1) is 0 Å². The average Bonchev–Trinajstić information content (AvgIpc) is 2.94. The molecule has 0 bridgehead atoms. The van der Waals surface area contributed by atoms with E-state index in [4.69, 9.17) is 0 Å².